The minimum atomic E-state index is -0.475. The number of carbonyl (C=O) groups is 2. The number of aryl methyl sites for hydroxylation is 1. The Morgan fingerprint density at radius 2 is 1.85 bits per heavy atom. The molecule has 2 amide bonds. The lowest BCUT2D eigenvalue weighted by Gasteiger charge is -2.39. The second kappa shape index (κ2) is 14.1. The number of hydrogen-bond acceptors (Lipinski definition) is 8. The molecule has 1 unspecified atom stereocenters. The fourth-order valence-corrected chi connectivity index (χ4v) is 7.12. The van der Waals surface area contributed by atoms with E-state index in [4.69, 9.17) is 10.7 Å². The maximum atomic E-state index is 15.0. The molecule has 1 aliphatic carbocycles. The summed E-state index contributed by atoms with van der Waals surface area (Å²) in [6.07, 6.45) is 10.8. The van der Waals surface area contributed by atoms with E-state index in [1.165, 1.54) is 25.3 Å². The first-order valence-corrected chi connectivity index (χ1v) is 16.8. The van der Waals surface area contributed by atoms with Gasteiger partial charge in [-0.1, -0.05) is 25.3 Å². The summed E-state index contributed by atoms with van der Waals surface area (Å²) in [5.41, 5.74) is 7.79. The summed E-state index contributed by atoms with van der Waals surface area (Å²) >= 11 is 0. The smallest absolute Gasteiger partial charge is 0.291 e. The number of hydrogen-bond donors (Lipinski definition) is 4. The zero-order valence-electron chi connectivity index (χ0n) is 26.9. The number of nitrogens with zero attached hydrogens (tertiary/aromatic N) is 5. The Kier molecular flexibility index (Phi) is 9.81. The van der Waals surface area contributed by atoms with Gasteiger partial charge in [-0.3, -0.25) is 9.59 Å². The zero-order chi connectivity index (χ0) is 32.2. The summed E-state index contributed by atoms with van der Waals surface area (Å²) in [6.45, 7) is 6.55. The van der Waals surface area contributed by atoms with Gasteiger partial charge in [0.15, 0.2) is 5.82 Å². The molecule has 0 radical (unpaired) electrons. The molecule has 11 nitrogen and oxygen atoms in total. The van der Waals surface area contributed by atoms with E-state index in [-0.39, 0.29) is 35.6 Å². The van der Waals surface area contributed by atoms with Gasteiger partial charge >= 0.3 is 0 Å². The molecular weight excluding hydrogens is 585 g/mol. The van der Waals surface area contributed by atoms with Crippen LogP contribution < -0.4 is 26.2 Å². The molecule has 4 heterocycles. The number of benzene rings is 1. The lowest BCUT2D eigenvalue weighted by Crippen LogP contribution is -2.49. The maximum Gasteiger partial charge on any atom is 0.291 e. The van der Waals surface area contributed by atoms with Crippen molar-refractivity contribution < 1.29 is 14.0 Å². The number of piperidine rings is 2. The van der Waals surface area contributed by atoms with Gasteiger partial charge in [0.2, 0.25) is 5.91 Å². The Morgan fingerprint density at radius 3 is 2.61 bits per heavy atom. The molecule has 12 heteroatoms. The van der Waals surface area contributed by atoms with Gasteiger partial charge < -0.3 is 31.2 Å². The van der Waals surface area contributed by atoms with Crippen LogP contribution in [0.3, 0.4) is 0 Å². The number of imidazole rings is 1. The van der Waals surface area contributed by atoms with Crippen molar-refractivity contribution in [1.29, 1.82) is 0 Å². The standard InChI is InChI=1S/C34H46FN9O2/c1-21-11-12-24(33(45)40-25-7-4-3-5-8-25)20-44(21)30-17-28(38-22(2)39-30)29-19-37-32(41-29)34(46)42-27-10-6-9-26(35)31(27)43-15-13-23(18-36)14-16-43/h6,9-10,17,19,21,23-25H,3-5,7-8,11-16,18,20,36H2,1-2H3,(H,37,41)(H,40,45)(H,42,46)/t21-,24?/m0/s1. The molecule has 6 rings (SSSR count). The molecule has 2 atom stereocenters. The van der Waals surface area contributed by atoms with Crippen molar-refractivity contribution in [3.8, 4) is 11.4 Å². The number of nitrogens with two attached hydrogens (primary N) is 1. The number of halogens is 1. The van der Waals surface area contributed by atoms with Crippen molar-refractivity contribution in [1.82, 2.24) is 25.3 Å². The van der Waals surface area contributed by atoms with Crippen molar-refractivity contribution in [3.05, 3.63) is 47.9 Å². The average Bonchev–Trinajstić information content (AvgIpc) is 3.56. The van der Waals surface area contributed by atoms with E-state index >= 15 is 4.39 Å². The van der Waals surface area contributed by atoms with Crippen LogP contribution in [0.4, 0.5) is 21.6 Å². The predicted octanol–water partition coefficient (Wildman–Crippen LogP) is 4.80. The molecule has 46 heavy (non-hydrogen) atoms. The van der Waals surface area contributed by atoms with Crippen LogP contribution in [0.2, 0.25) is 0 Å². The highest BCUT2D eigenvalue weighted by Crippen LogP contribution is 2.33. The molecule has 3 aromatic rings. The second-order valence-corrected chi connectivity index (χ2v) is 13.2. The molecule has 2 saturated heterocycles. The number of anilines is 3. The summed E-state index contributed by atoms with van der Waals surface area (Å²) in [4.78, 5) is 47.5. The van der Waals surface area contributed by atoms with E-state index in [2.05, 4.69) is 37.4 Å². The maximum absolute atomic E-state index is 15.0. The first kappa shape index (κ1) is 31.9. The molecule has 0 bridgehead atoms. The number of rotatable bonds is 8. The lowest BCUT2D eigenvalue weighted by molar-refractivity contribution is -0.126. The number of aromatic amines is 1. The van der Waals surface area contributed by atoms with Gasteiger partial charge in [-0.05, 0) is 77.0 Å². The summed E-state index contributed by atoms with van der Waals surface area (Å²) in [6, 6.07) is 7.09. The van der Waals surface area contributed by atoms with Gasteiger partial charge in [0.1, 0.15) is 17.5 Å². The van der Waals surface area contributed by atoms with E-state index in [9.17, 15) is 9.59 Å². The van der Waals surface area contributed by atoms with Crippen LogP contribution in [-0.2, 0) is 4.79 Å². The Labute approximate surface area is 270 Å². The Morgan fingerprint density at radius 1 is 1.07 bits per heavy atom. The molecule has 1 saturated carbocycles. The van der Waals surface area contributed by atoms with E-state index in [1.54, 1.807) is 18.3 Å². The molecular formula is C34H46FN9O2. The van der Waals surface area contributed by atoms with Crippen LogP contribution in [0, 0.1) is 24.6 Å². The number of nitrogens with one attached hydrogen (secondary N) is 3. The largest absolute Gasteiger partial charge is 0.367 e. The van der Waals surface area contributed by atoms with Gasteiger partial charge in [0.05, 0.1) is 34.9 Å². The van der Waals surface area contributed by atoms with E-state index < -0.39 is 5.91 Å². The zero-order valence-corrected chi connectivity index (χ0v) is 26.9. The summed E-state index contributed by atoms with van der Waals surface area (Å²) in [5, 5.41) is 6.17. The van der Waals surface area contributed by atoms with Crippen molar-refractivity contribution >= 4 is 29.0 Å². The molecule has 3 aliphatic rings. The molecule has 3 fully saturated rings. The van der Waals surface area contributed by atoms with Crippen molar-refractivity contribution in [2.75, 3.05) is 41.3 Å². The number of aromatic nitrogens is 4. The number of para-hydroxylation sites is 1. The van der Waals surface area contributed by atoms with Crippen LogP contribution >= 0.6 is 0 Å². The third-order valence-corrected chi connectivity index (χ3v) is 9.89. The predicted molar refractivity (Wildman–Crippen MR) is 177 cm³/mol. The van der Waals surface area contributed by atoms with Gasteiger partial charge in [-0.15, -0.1) is 0 Å². The van der Waals surface area contributed by atoms with Crippen molar-refractivity contribution in [2.24, 2.45) is 17.6 Å². The highest BCUT2D eigenvalue weighted by molar-refractivity contribution is 6.04. The SMILES string of the molecule is Cc1nc(-c2cnc(C(=O)Nc3cccc(F)c3N3CCC(CN)CC3)[nH]2)cc(N2CC(C(=O)NC3CCCCC3)CC[C@@H]2C)n1. The number of amides is 2. The minimum Gasteiger partial charge on any atom is -0.367 e. The molecule has 2 aliphatic heterocycles. The summed E-state index contributed by atoms with van der Waals surface area (Å²) in [5.74, 6) is 1.03. The molecule has 2 aromatic heterocycles. The molecule has 0 spiro atoms. The highest BCUT2D eigenvalue weighted by atomic mass is 19.1. The number of carbonyl (C=O) groups excluding carboxylic acids is 2. The highest BCUT2D eigenvalue weighted by Gasteiger charge is 2.32. The Balaban J connectivity index is 1.16. The molecule has 246 valence electrons. The summed E-state index contributed by atoms with van der Waals surface area (Å²) < 4.78 is 15.0. The van der Waals surface area contributed by atoms with E-state index in [0.717, 1.165) is 44.3 Å². The average molecular weight is 632 g/mol. The van der Waals surface area contributed by atoms with Crippen LogP contribution in [-0.4, -0.2) is 70.0 Å². The van der Waals surface area contributed by atoms with Crippen LogP contribution in [0.1, 0.15) is 81.2 Å². The topological polar surface area (TPSA) is 145 Å². The van der Waals surface area contributed by atoms with Crippen LogP contribution in [0.25, 0.3) is 11.4 Å². The fraction of sp³-hybridized carbons (Fsp3) is 0.559. The molecule has 1 aromatic carbocycles. The van der Waals surface area contributed by atoms with Crippen molar-refractivity contribution in [3.63, 3.8) is 0 Å². The van der Waals surface area contributed by atoms with Gasteiger partial charge in [-0.2, -0.15) is 0 Å². The first-order chi connectivity index (χ1) is 22.3. The number of H-pyrrole nitrogens is 1. The fourth-order valence-electron chi connectivity index (χ4n) is 7.12. The van der Waals surface area contributed by atoms with Crippen LogP contribution in [0.15, 0.2) is 30.5 Å². The summed E-state index contributed by atoms with van der Waals surface area (Å²) in [7, 11) is 0. The minimum absolute atomic E-state index is 0.0932. The normalized spacial score (nSPS) is 21.3. The third kappa shape index (κ3) is 7.16. The van der Waals surface area contributed by atoms with E-state index in [0.29, 0.717) is 60.7 Å². The van der Waals surface area contributed by atoms with E-state index in [1.807, 2.05) is 17.9 Å². The first-order valence-electron chi connectivity index (χ1n) is 16.8. The third-order valence-electron chi connectivity index (χ3n) is 9.89. The second-order valence-electron chi connectivity index (χ2n) is 13.2. The van der Waals surface area contributed by atoms with Gasteiger partial charge in [-0.25, -0.2) is 19.3 Å². The Bertz CT molecular complexity index is 1530. The molecule has 5 N–H and O–H groups in total. The van der Waals surface area contributed by atoms with Crippen LogP contribution in [0.5, 0.6) is 0 Å². The van der Waals surface area contributed by atoms with Crippen molar-refractivity contribution in [2.45, 2.75) is 83.7 Å². The van der Waals surface area contributed by atoms with Gasteiger partial charge in [0.25, 0.3) is 5.91 Å². The monoisotopic (exact) mass is 631 g/mol. The quantitative estimate of drug-likeness (QED) is 0.278. The van der Waals surface area contributed by atoms with Gasteiger partial charge in [0, 0.05) is 37.8 Å². The Hall–Kier alpha value is -4.06. The lowest BCUT2D eigenvalue weighted by atomic mass is 9.91.